The van der Waals surface area contributed by atoms with Gasteiger partial charge in [0.1, 0.15) is 0 Å². The number of rotatable bonds is 9. The summed E-state index contributed by atoms with van der Waals surface area (Å²) >= 11 is 0. The molecule has 0 spiro atoms. The van der Waals surface area contributed by atoms with Gasteiger partial charge in [0, 0.05) is 63.2 Å². The van der Waals surface area contributed by atoms with E-state index in [2.05, 4.69) is 28.4 Å². The second-order valence-electron chi connectivity index (χ2n) is 10.2. The van der Waals surface area contributed by atoms with Crippen molar-refractivity contribution < 1.29 is 9.53 Å². The molecular formula is C29H36N4O3. The van der Waals surface area contributed by atoms with Gasteiger partial charge in [-0.15, -0.1) is 0 Å². The average molecular weight is 489 g/mol. The van der Waals surface area contributed by atoms with Crippen molar-refractivity contribution in [1.82, 2.24) is 19.8 Å². The van der Waals surface area contributed by atoms with Crippen LogP contribution in [0.3, 0.4) is 0 Å². The number of carbonyl (C=O) groups is 1. The number of methoxy groups -OCH3 is 1. The van der Waals surface area contributed by atoms with Crippen LogP contribution in [-0.4, -0.2) is 53.2 Å². The summed E-state index contributed by atoms with van der Waals surface area (Å²) in [5.41, 5.74) is 4.12. The third-order valence-electron chi connectivity index (χ3n) is 7.60. The van der Waals surface area contributed by atoms with E-state index in [1.54, 1.807) is 24.8 Å². The molecule has 0 unspecified atom stereocenters. The number of para-hydroxylation sites is 1. The van der Waals surface area contributed by atoms with Crippen molar-refractivity contribution in [2.75, 3.05) is 26.8 Å². The fourth-order valence-corrected chi connectivity index (χ4v) is 5.45. The minimum Gasteiger partial charge on any atom is -0.385 e. The highest BCUT2D eigenvalue weighted by atomic mass is 16.5. The van der Waals surface area contributed by atoms with Gasteiger partial charge in [0.05, 0.1) is 11.4 Å². The fourth-order valence-electron chi connectivity index (χ4n) is 5.45. The summed E-state index contributed by atoms with van der Waals surface area (Å²) < 4.78 is 6.82. The molecule has 2 atom stereocenters. The van der Waals surface area contributed by atoms with Gasteiger partial charge >= 0.3 is 0 Å². The van der Waals surface area contributed by atoms with Crippen LogP contribution in [0.1, 0.15) is 48.4 Å². The smallest absolute Gasteiger partial charge is 0.250 e. The van der Waals surface area contributed by atoms with Crippen LogP contribution < -0.4 is 10.9 Å². The van der Waals surface area contributed by atoms with Gasteiger partial charge in [-0.25, -0.2) is 0 Å². The molecule has 1 aromatic carbocycles. The number of ether oxygens (including phenoxy) is 1. The first-order valence-corrected chi connectivity index (χ1v) is 13.1. The second kappa shape index (κ2) is 10.9. The minimum atomic E-state index is -0.180. The van der Waals surface area contributed by atoms with Crippen LogP contribution in [0.2, 0.25) is 0 Å². The average Bonchev–Trinajstić information content (AvgIpc) is 3.74. The third-order valence-corrected chi connectivity index (χ3v) is 7.60. The molecule has 5 rings (SSSR count). The summed E-state index contributed by atoms with van der Waals surface area (Å²) in [7, 11) is 3.48. The second-order valence-corrected chi connectivity index (χ2v) is 10.2. The summed E-state index contributed by atoms with van der Waals surface area (Å²) in [6, 6.07) is 14.4. The number of hydrogen-bond acceptors (Lipinski definition) is 5. The maximum Gasteiger partial charge on any atom is 0.250 e. The molecule has 2 aliphatic rings. The number of aromatic nitrogens is 2. The van der Waals surface area contributed by atoms with E-state index in [-0.39, 0.29) is 29.3 Å². The Morgan fingerprint density at radius 2 is 2.03 bits per heavy atom. The number of carbonyl (C=O) groups excluding carboxylic acids is 1. The molecule has 1 saturated carbocycles. The maximum atomic E-state index is 14.1. The molecule has 0 bridgehead atoms. The van der Waals surface area contributed by atoms with Crippen molar-refractivity contribution in [3.63, 3.8) is 0 Å². The van der Waals surface area contributed by atoms with Crippen molar-refractivity contribution in [2.24, 2.45) is 13.0 Å². The number of benzene rings is 1. The Morgan fingerprint density at radius 3 is 2.81 bits per heavy atom. The largest absolute Gasteiger partial charge is 0.385 e. The highest BCUT2D eigenvalue weighted by Gasteiger charge is 2.40. The summed E-state index contributed by atoms with van der Waals surface area (Å²) in [5, 5.41) is 4.54. The van der Waals surface area contributed by atoms with Crippen molar-refractivity contribution in [3.8, 4) is 0 Å². The Bertz CT molecular complexity index is 1280. The van der Waals surface area contributed by atoms with Gasteiger partial charge in [0.2, 0.25) is 5.91 Å². The van der Waals surface area contributed by atoms with Crippen LogP contribution in [0.4, 0.5) is 0 Å². The normalized spacial score (nSPS) is 19.9. The third kappa shape index (κ3) is 5.37. The van der Waals surface area contributed by atoms with Crippen LogP contribution in [-0.2, 0) is 29.5 Å². The molecule has 36 heavy (non-hydrogen) atoms. The topological polar surface area (TPSA) is 76.5 Å². The predicted molar refractivity (Wildman–Crippen MR) is 141 cm³/mol. The lowest BCUT2D eigenvalue weighted by molar-refractivity contribution is -0.138. The van der Waals surface area contributed by atoms with Gasteiger partial charge < -0.3 is 19.5 Å². The van der Waals surface area contributed by atoms with Gasteiger partial charge in [0.25, 0.3) is 5.56 Å². The number of pyridine rings is 2. The molecule has 3 heterocycles. The fraction of sp³-hybridized carbons (Fsp3) is 0.483. The number of amides is 1. The number of nitrogens with one attached hydrogen (secondary N) is 1. The van der Waals surface area contributed by atoms with Crippen molar-refractivity contribution >= 4 is 16.8 Å². The van der Waals surface area contributed by atoms with Crippen LogP contribution in [0.15, 0.2) is 53.5 Å². The molecule has 0 radical (unpaired) electrons. The number of nitrogens with zero attached hydrogens (tertiary/aromatic N) is 3. The van der Waals surface area contributed by atoms with Gasteiger partial charge in [-0.05, 0) is 73.9 Å². The van der Waals surface area contributed by atoms with Crippen molar-refractivity contribution in [3.05, 3.63) is 75.8 Å². The van der Waals surface area contributed by atoms with Crippen molar-refractivity contribution in [2.45, 2.75) is 50.6 Å². The number of aryl methyl sites for hydroxylation is 2. The Hall–Kier alpha value is -3.03. The maximum absolute atomic E-state index is 14.1. The Balaban J connectivity index is 1.44. The molecule has 1 aliphatic carbocycles. The number of fused-ring (bicyclic) bond motifs is 1. The molecule has 7 heteroatoms. The zero-order valence-corrected chi connectivity index (χ0v) is 21.3. The molecule has 1 aliphatic heterocycles. The van der Waals surface area contributed by atoms with Crippen LogP contribution in [0.25, 0.3) is 10.9 Å². The highest BCUT2D eigenvalue weighted by Crippen LogP contribution is 2.36. The molecule has 2 fully saturated rings. The highest BCUT2D eigenvalue weighted by molar-refractivity contribution is 5.84. The van der Waals surface area contributed by atoms with Gasteiger partial charge in [-0.2, -0.15) is 0 Å². The van der Waals surface area contributed by atoms with Crippen LogP contribution in [0.5, 0.6) is 0 Å². The molecule has 3 aromatic rings. The molecule has 1 saturated heterocycles. The van der Waals surface area contributed by atoms with E-state index >= 15 is 0 Å². The van der Waals surface area contributed by atoms with Crippen molar-refractivity contribution in [1.29, 1.82) is 0 Å². The minimum absolute atomic E-state index is 0.0273. The molecule has 7 nitrogen and oxygen atoms in total. The summed E-state index contributed by atoms with van der Waals surface area (Å²) in [6.07, 6.45) is 6.52. The predicted octanol–water partition coefficient (Wildman–Crippen LogP) is 3.40. The standard InChI is InChI=1S/C29H36N4O3/c1-32-14-12-20(17-28(32)34)24-11-13-30-18-26(24)29(35)33(23-9-10-23)19-21-16-22(6-5-15-36-2)31-27-8-4-3-7-25(21)27/h3-4,7-8,12,14,16-17,23-24,26,30H,5-6,9-11,13,15,18-19H2,1-2H3/t24-,26+/m1/s1. The van der Waals surface area contributed by atoms with Gasteiger partial charge in [-0.3, -0.25) is 14.6 Å². The van der Waals surface area contributed by atoms with E-state index in [9.17, 15) is 9.59 Å². The number of hydrogen-bond donors (Lipinski definition) is 1. The van der Waals surface area contributed by atoms with E-state index in [0.717, 1.165) is 66.4 Å². The van der Waals surface area contributed by atoms with E-state index in [0.29, 0.717) is 19.7 Å². The van der Waals surface area contributed by atoms with E-state index < -0.39 is 0 Å². The SMILES string of the molecule is COCCCc1cc(CN(C(=O)[C@H]2CNCC[C@@H]2c2ccn(C)c(=O)c2)C2CC2)c2ccccc2n1. The van der Waals surface area contributed by atoms with Crippen LogP contribution >= 0.6 is 0 Å². The first-order valence-electron chi connectivity index (χ1n) is 13.1. The summed E-state index contributed by atoms with van der Waals surface area (Å²) in [4.78, 5) is 33.4. The molecule has 2 aromatic heterocycles. The summed E-state index contributed by atoms with van der Waals surface area (Å²) in [6.45, 7) is 2.78. The van der Waals surface area contributed by atoms with Gasteiger partial charge in [-0.1, -0.05) is 18.2 Å². The zero-order chi connectivity index (χ0) is 25.1. The Kier molecular flexibility index (Phi) is 7.48. The Morgan fingerprint density at radius 1 is 1.19 bits per heavy atom. The molecule has 1 N–H and O–H groups in total. The van der Waals surface area contributed by atoms with E-state index in [4.69, 9.17) is 9.72 Å². The monoisotopic (exact) mass is 488 g/mol. The first-order chi connectivity index (χ1) is 17.5. The lowest BCUT2D eigenvalue weighted by Gasteiger charge is -2.36. The lowest BCUT2D eigenvalue weighted by atomic mass is 9.80. The van der Waals surface area contributed by atoms with E-state index in [1.807, 2.05) is 24.4 Å². The lowest BCUT2D eigenvalue weighted by Crippen LogP contribution is -2.47. The number of piperidine rings is 1. The van der Waals surface area contributed by atoms with Gasteiger partial charge in [0.15, 0.2) is 0 Å². The first kappa shape index (κ1) is 24.7. The Labute approximate surface area is 212 Å². The molecule has 1 amide bonds. The van der Waals surface area contributed by atoms with E-state index in [1.165, 1.54) is 0 Å². The molecule has 190 valence electrons. The quantitative estimate of drug-likeness (QED) is 0.467. The zero-order valence-electron chi connectivity index (χ0n) is 21.3. The molecular weight excluding hydrogens is 452 g/mol. The summed E-state index contributed by atoms with van der Waals surface area (Å²) in [5.74, 6) is 0.0608. The van der Waals surface area contributed by atoms with Crippen LogP contribution in [0, 0.1) is 5.92 Å².